The van der Waals surface area contributed by atoms with Crippen molar-refractivity contribution in [2.45, 2.75) is 28.2 Å². The van der Waals surface area contributed by atoms with Crippen LogP contribution in [0.25, 0.3) is 0 Å². The molecule has 0 saturated heterocycles. The first-order valence-electron chi connectivity index (χ1n) is 3.84. The van der Waals surface area contributed by atoms with Gasteiger partial charge in [-0.1, -0.05) is 28.2 Å². The Bertz CT molecular complexity index is 259. The second-order valence-corrected chi connectivity index (χ2v) is 4.50. The largest absolute Gasteiger partial charge is 0.325 e. The van der Waals surface area contributed by atoms with Crippen LogP contribution in [0.15, 0.2) is 16.8 Å². The quantitative estimate of drug-likeness (QED) is 0.738. The summed E-state index contributed by atoms with van der Waals surface area (Å²) in [7, 11) is 0. The van der Waals surface area contributed by atoms with Gasteiger partial charge in [-0.25, -0.2) is 0 Å². The molecule has 0 unspecified atom stereocenters. The summed E-state index contributed by atoms with van der Waals surface area (Å²) in [6.45, 7) is 5.69. The number of hydrogen-bond donors (Lipinski definition) is 1. The standard InChI is InChI=1S/C9H13NOS.CH4/c1-9(2,3)8(11)10-7-4-5-12-6-7;/h4-6H,1-3H3,(H,10,11);1H4. The van der Waals surface area contributed by atoms with Crippen LogP contribution in [-0.2, 0) is 4.79 Å². The van der Waals surface area contributed by atoms with Gasteiger partial charge in [0.05, 0.1) is 5.69 Å². The van der Waals surface area contributed by atoms with E-state index in [1.165, 1.54) is 0 Å². The molecule has 0 fully saturated rings. The molecule has 1 N–H and O–H groups in total. The van der Waals surface area contributed by atoms with Gasteiger partial charge in [-0.3, -0.25) is 4.79 Å². The molecule has 0 aliphatic rings. The van der Waals surface area contributed by atoms with E-state index in [1.807, 2.05) is 37.6 Å². The number of thiophene rings is 1. The number of rotatable bonds is 1. The highest BCUT2D eigenvalue weighted by atomic mass is 32.1. The zero-order valence-corrected chi connectivity index (χ0v) is 8.37. The van der Waals surface area contributed by atoms with Crippen LogP contribution in [0.5, 0.6) is 0 Å². The minimum Gasteiger partial charge on any atom is -0.325 e. The smallest absolute Gasteiger partial charge is 0.229 e. The molecule has 0 saturated carbocycles. The van der Waals surface area contributed by atoms with E-state index in [0.29, 0.717) is 0 Å². The molecule has 0 aromatic carbocycles. The summed E-state index contributed by atoms with van der Waals surface area (Å²) in [6.07, 6.45) is 0. The van der Waals surface area contributed by atoms with E-state index in [0.717, 1.165) is 5.69 Å². The Morgan fingerprint density at radius 2 is 2.08 bits per heavy atom. The number of hydrogen-bond acceptors (Lipinski definition) is 2. The Kier molecular flexibility index (Phi) is 4.14. The third kappa shape index (κ3) is 3.59. The molecule has 74 valence electrons. The summed E-state index contributed by atoms with van der Waals surface area (Å²) >= 11 is 1.58. The van der Waals surface area contributed by atoms with Crippen molar-refractivity contribution in [3.05, 3.63) is 16.8 Å². The second-order valence-electron chi connectivity index (χ2n) is 3.72. The van der Waals surface area contributed by atoms with Gasteiger partial charge >= 0.3 is 0 Å². The SMILES string of the molecule is C.CC(C)(C)C(=O)Nc1ccsc1. The van der Waals surface area contributed by atoms with Crippen LogP contribution < -0.4 is 5.32 Å². The van der Waals surface area contributed by atoms with Crippen LogP contribution in [0.2, 0.25) is 0 Å². The molecule has 2 nitrogen and oxygen atoms in total. The molecule has 1 rings (SSSR count). The predicted molar refractivity (Wildman–Crippen MR) is 59.1 cm³/mol. The third-order valence-corrected chi connectivity index (χ3v) is 2.14. The lowest BCUT2D eigenvalue weighted by Gasteiger charge is -2.16. The molecule has 1 aromatic heterocycles. The van der Waals surface area contributed by atoms with Gasteiger partial charge in [0.1, 0.15) is 0 Å². The Morgan fingerprint density at radius 3 is 2.46 bits per heavy atom. The van der Waals surface area contributed by atoms with Gasteiger partial charge in [0.25, 0.3) is 0 Å². The number of nitrogens with one attached hydrogen (secondary N) is 1. The summed E-state index contributed by atoms with van der Waals surface area (Å²) in [5, 5.41) is 6.70. The van der Waals surface area contributed by atoms with E-state index < -0.39 is 0 Å². The molecule has 1 heterocycles. The first kappa shape index (κ1) is 12.2. The monoisotopic (exact) mass is 199 g/mol. The van der Waals surface area contributed by atoms with E-state index in [1.54, 1.807) is 11.3 Å². The Hall–Kier alpha value is -0.830. The summed E-state index contributed by atoms with van der Waals surface area (Å²) in [6, 6.07) is 1.90. The van der Waals surface area contributed by atoms with Crippen molar-refractivity contribution in [1.82, 2.24) is 0 Å². The highest BCUT2D eigenvalue weighted by Gasteiger charge is 2.20. The maximum Gasteiger partial charge on any atom is 0.229 e. The topological polar surface area (TPSA) is 29.1 Å². The van der Waals surface area contributed by atoms with Crippen LogP contribution in [-0.4, -0.2) is 5.91 Å². The summed E-state index contributed by atoms with van der Waals surface area (Å²) in [5.41, 5.74) is 0.571. The molecule has 3 heteroatoms. The second kappa shape index (κ2) is 4.42. The fourth-order valence-electron chi connectivity index (χ4n) is 0.654. The van der Waals surface area contributed by atoms with Crippen LogP contribution in [0.4, 0.5) is 5.69 Å². The van der Waals surface area contributed by atoms with Crippen molar-refractivity contribution in [2.75, 3.05) is 5.32 Å². The zero-order valence-electron chi connectivity index (χ0n) is 7.55. The van der Waals surface area contributed by atoms with Gasteiger partial charge in [0.2, 0.25) is 5.91 Å². The Labute approximate surface area is 84.0 Å². The lowest BCUT2D eigenvalue weighted by atomic mass is 9.96. The molecular weight excluding hydrogens is 182 g/mol. The number of anilines is 1. The van der Waals surface area contributed by atoms with Crippen molar-refractivity contribution in [1.29, 1.82) is 0 Å². The number of amides is 1. The molecule has 0 spiro atoms. The van der Waals surface area contributed by atoms with Gasteiger partial charge in [-0.15, -0.1) is 0 Å². The molecule has 1 aromatic rings. The van der Waals surface area contributed by atoms with Crippen molar-refractivity contribution < 1.29 is 4.79 Å². The predicted octanol–water partition coefficient (Wildman–Crippen LogP) is 3.37. The van der Waals surface area contributed by atoms with Crippen molar-refractivity contribution >= 4 is 22.9 Å². The van der Waals surface area contributed by atoms with Gasteiger partial charge in [0.15, 0.2) is 0 Å². The zero-order chi connectivity index (χ0) is 9.19. The Balaban J connectivity index is 0.00000144. The first-order chi connectivity index (χ1) is 5.50. The summed E-state index contributed by atoms with van der Waals surface area (Å²) < 4.78 is 0. The molecule has 0 radical (unpaired) electrons. The van der Waals surface area contributed by atoms with Gasteiger partial charge in [-0.2, -0.15) is 11.3 Å². The van der Waals surface area contributed by atoms with E-state index in [4.69, 9.17) is 0 Å². The van der Waals surface area contributed by atoms with Gasteiger partial charge in [-0.05, 0) is 11.4 Å². The van der Waals surface area contributed by atoms with Crippen molar-refractivity contribution in [3.63, 3.8) is 0 Å². The average molecular weight is 199 g/mol. The van der Waals surface area contributed by atoms with Crippen molar-refractivity contribution in [2.24, 2.45) is 5.41 Å². The molecule has 0 aliphatic heterocycles. The molecule has 0 bridgehead atoms. The van der Waals surface area contributed by atoms with E-state index in [-0.39, 0.29) is 18.7 Å². The Morgan fingerprint density at radius 1 is 1.46 bits per heavy atom. The molecule has 0 atom stereocenters. The third-order valence-electron chi connectivity index (χ3n) is 1.46. The minimum atomic E-state index is -0.318. The van der Waals surface area contributed by atoms with E-state index in [2.05, 4.69) is 5.32 Å². The molecule has 1 amide bonds. The summed E-state index contributed by atoms with van der Waals surface area (Å²) in [5.74, 6) is 0.0564. The lowest BCUT2D eigenvalue weighted by molar-refractivity contribution is -0.123. The van der Waals surface area contributed by atoms with Crippen LogP contribution >= 0.6 is 11.3 Å². The van der Waals surface area contributed by atoms with Crippen LogP contribution in [0.1, 0.15) is 28.2 Å². The minimum absolute atomic E-state index is 0. The molecule has 0 aliphatic carbocycles. The number of carbonyl (C=O) groups excluding carboxylic acids is 1. The van der Waals surface area contributed by atoms with Crippen LogP contribution in [0.3, 0.4) is 0 Å². The molecular formula is C10H17NOS. The fraction of sp³-hybridized carbons (Fsp3) is 0.500. The van der Waals surface area contributed by atoms with Crippen LogP contribution in [0, 0.1) is 5.41 Å². The van der Waals surface area contributed by atoms with Gasteiger partial charge in [0, 0.05) is 10.8 Å². The highest BCUT2D eigenvalue weighted by Crippen LogP contribution is 2.18. The number of carbonyl (C=O) groups is 1. The first-order valence-corrected chi connectivity index (χ1v) is 4.78. The van der Waals surface area contributed by atoms with E-state index in [9.17, 15) is 4.79 Å². The highest BCUT2D eigenvalue weighted by molar-refractivity contribution is 7.08. The maximum atomic E-state index is 11.4. The van der Waals surface area contributed by atoms with Crippen molar-refractivity contribution in [3.8, 4) is 0 Å². The maximum absolute atomic E-state index is 11.4. The lowest BCUT2D eigenvalue weighted by Crippen LogP contribution is -2.27. The van der Waals surface area contributed by atoms with E-state index >= 15 is 0 Å². The summed E-state index contributed by atoms with van der Waals surface area (Å²) in [4.78, 5) is 11.4. The normalized spacial score (nSPS) is 10.4. The van der Waals surface area contributed by atoms with Gasteiger partial charge < -0.3 is 5.32 Å². The molecule has 13 heavy (non-hydrogen) atoms. The fourth-order valence-corrected chi connectivity index (χ4v) is 1.24. The average Bonchev–Trinajstić information content (AvgIpc) is 2.37.